The Hall–Kier alpha value is -1.43. The second kappa shape index (κ2) is 7.23. The Morgan fingerprint density at radius 1 is 1.37 bits per heavy atom. The summed E-state index contributed by atoms with van der Waals surface area (Å²) in [6, 6.07) is 9.27. The van der Waals surface area contributed by atoms with Crippen molar-refractivity contribution in [1.29, 1.82) is 0 Å². The number of carbonyl (C=O) groups excluding carboxylic acids is 1. The molecule has 0 fully saturated rings. The number of hydrogen-bond donors (Lipinski definition) is 2. The van der Waals surface area contributed by atoms with Crippen LogP contribution in [0.5, 0.6) is 0 Å². The highest BCUT2D eigenvalue weighted by Gasteiger charge is 2.30. The van der Waals surface area contributed by atoms with E-state index in [4.69, 9.17) is 15.2 Å². The SMILES string of the molecule is COCC(CNC(=O)C(C)(N)c1ccccc1)OC. The highest BCUT2D eigenvalue weighted by molar-refractivity contribution is 5.86. The lowest BCUT2D eigenvalue weighted by Gasteiger charge is -2.25. The fraction of sp³-hybridized carbons (Fsp3) is 0.500. The molecule has 5 heteroatoms. The van der Waals surface area contributed by atoms with Crippen molar-refractivity contribution < 1.29 is 14.3 Å². The van der Waals surface area contributed by atoms with Crippen LogP contribution in [0.2, 0.25) is 0 Å². The second-order valence-electron chi connectivity index (χ2n) is 4.59. The van der Waals surface area contributed by atoms with Crippen LogP contribution < -0.4 is 11.1 Å². The van der Waals surface area contributed by atoms with E-state index in [0.29, 0.717) is 13.2 Å². The predicted molar refractivity (Wildman–Crippen MR) is 73.7 cm³/mol. The first-order chi connectivity index (χ1) is 9.02. The van der Waals surface area contributed by atoms with Crippen molar-refractivity contribution in [1.82, 2.24) is 5.32 Å². The van der Waals surface area contributed by atoms with Gasteiger partial charge in [0, 0.05) is 20.8 Å². The smallest absolute Gasteiger partial charge is 0.244 e. The van der Waals surface area contributed by atoms with Crippen molar-refractivity contribution in [2.24, 2.45) is 5.73 Å². The highest BCUT2D eigenvalue weighted by atomic mass is 16.5. The van der Waals surface area contributed by atoms with Crippen LogP contribution in [0.3, 0.4) is 0 Å². The third-order valence-electron chi connectivity index (χ3n) is 3.02. The Kier molecular flexibility index (Phi) is 5.95. The maximum atomic E-state index is 12.2. The summed E-state index contributed by atoms with van der Waals surface area (Å²) in [4.78, 5) is 12.2. The Balaban J connectivity index is 2.62. The Morgan fingerprint density at radius 3 is 2.53 bits per heavy atom. The van der Waals surface area contributed by atoms with Crippen LogP contribution in [0.1, 0.15) is 12.5 Å². The summed E-state index contributed by atoms with van der Waals surface area (Å²) in [6.07, 6.45) is -0.180. The molecule has 2 atom stereocenters. The standard InChI is InChI=1S/C14H22N2O3/c1-14(15,11-7-5-4-6-8-11)13(17)16-9-12(19-3)10-18-2/h4-8,12H,9-10,15H2,1-3H3,(H,16,17). The molecule has 19 heavy (non-hydrogen) atoms. The van der Waals surface area contributed by atoms with Crippen LogP contribution in [0.15, 0.2) is 30.3 Å². The molecule has 5 nitrogen and oxygen atoms in total. The fourth-order valence-electron chi connectivity index (χ4n) is 1.70. The van der Waals surface area contributed by atoms with Crippen molar-refractivity contribution in [3.8, 4) is 0 Å². The molecule has 0 aliphatic rings. The van der Waals surface area contributed by atoms with E-state index in [2.05, 4.69) is 5.32 Å². The normalized spacial score (nSPS) is 15.6. The summed E-state index contributed by atoms with van der Waals surface area (Å²) in [5, 5.41) is 2.79. The maximum absolute atomic E-state index is 12.2. The second-order valence-corrected chi connectivity index (χ2v) is 4.59. The molecule has 1 amide bonds. The first-order valence-corrected chi connectivity index (χ1v) is 6.16. The number of amides is 1. The number of rotatable bonds is 7. The first-order valence-electron chi connectivity index (χ1n) is 6.16. The zero-order valence-electron chi connectivity index (χ0n) is 11.7. The molecule has 0 bridgehead atoms. The summed E-state index contributed by atoms with van der Waals surface area (Å²) < 4.78 is 10.2. The zero-order valence-corrected chi connectivity index (χ0v) is 11.7. The van der Waals surface area contributed by atoms with E-state index in [1.807, 2.05) is 30.3 Å². The molecular weight excluding hydrogens is 244 g/mol. The van der Waals surface area contributed by atoms with Gasteiger partial charge in [0.25, 0.3) is 0 Å². The number of hydrogen-bond acceptors (Lipinski definition) is 4. The minimum Gasteiger partial charge on any atom is -0.382 e. The molecule has 0 radical (unpaired) electrons. The van der Waals surface area contributed by atoms with Gasteiger partial charge in [0.1, 0.15) is 5.54 Å². The molecular formula is C14H22N2O3. The van der Waals surface area contributed by atoms with E-state index < -0.39 is 5.54 Å². The van der Waals surface area contributed by atoms with Gasteiger partial charge in [-0.3, -0.25) is 4.79 Å². The van der Waals surface area contributed by atoms with E-state index in [1.54, 1.807) is 21.1 Å². The molecule has 0 heterocycles. The van der Waals surface area contributed by atoms with Gasteiger partial charge in [0.15, 0.2) is 0 Å². The molecule has 0 aromatic heterocycles. The summed E-state index contributed by atoms with van der Waals surface area (Å²) in [5.74, 6) is -0.239. The number of benzene rings is 1. The molecule has 0 aliphatic carbocycles. The number of nitrogens with one attached hydrogen (secondary N) is 1. The molecule has 0 spiro atoms. The first kappa shape index (κ1) is 15.6. The lowest BCUT2D eigenvalue weighted by atomic mass is 9.92. The molecule has 1 aromatic carbocycles. The largest absolute Gasteiger partial charge is 0.382 e. The Labute approximate surface area is 114 Å². The Morgan fingerprint density at radius 2 is 2.00 bits per heavy atom. The predicted octanol–water partition coefficient (Wildman–Crippen LogP) is 0.638. The molecule has 0 saturated heterocycles. The van der Waals surface area contributed by atoms with Crippen LogP contribution in [0, 0.1) is 0 Å². The quantitative estimate of drug-likeness (QED) is 0.759. The molecule has 0 aliphatic heterocycles. The van der Waals surface area contributed by atoms with Crippen molar-refractivity contribution >= 4 is 5.91 Å². The molecule has 1 aromatic rings. The van der Waals surface area contributed by atoms with Gasteiger partial charge < -0.3 is 20.5 Å². The highest BCUT2D eigenvalue weighted by Crippen LogP contribution is 2.17. The molecule has 2 unspecified atom stereocenters. The van der Waals surface area contributed by atoms with Crippen molar-refractivity contribution in [3.05, 3.63) is 35.9 Å². The summed E-state index contributed by atoms with van der Waals surface area (Å²) in [5.41, 5.74) is 5.81. The van der Waals surface area contributed by atoms with Crippen LogP contribution in [0.4, 0.5) is 0 Å². The third kappa shape index (κ3) is 4.31. The fourth-order valence-corrected chi connectivity index (χ4v) is 1.70. The number of ether oxygens (including phenoxy) is 2. The van der Waals surface area contributed by atoms with Crippen molar-refractivity contribution in [3.63, 3.8) is 0 Å². The Bertz CT molecular complexity index is 393. The lowest BCUT2D eigenvalue weighted by Crippen LogP contribution is -2.51. The van der Waals surface area contributed by atoms with E-state index in [-0.39, 0.29) is 12.0 Å². The van der Waals surface area contributed by atoms with Gasteiger partial charge in [0.2, 0.25) is 5.91 Å². The minimum absolute atomic E-state index is 0.180. The number of methoxy groups -OCH3 is 2. The van der Waals surface area contributed by atoms with Gasteiger partial charge in [-0.05, 0) is 12.5 Å². The summed E-state index contributed by atoms with van der Waals surface area (Å²) in [7, 11) is 3.17. The molecule has 106 valence electrons. The minimum atomic E-state index is -1.06. The number of nitrogens with two attached hydrogens (primary N) is 1. The average molecular weight is 266 g/mol. The van der Waals surface area contributed by atoms with Crippen LogP contribution >= 0.6 is 0 Å². The average Bonchev–Trinajstić information content (AvgIpc) is 2.43. The van der Waals surface area contributed by atoms with Crippen molar-refractivity contribution in [2.45, 2.75) is 18.6 Å². The van der Waals surface area contributed by atoms with E-state index >= 15 is 0 Å². The van der Waals surface area contributed by atoms with Gasteiger partial charge in [-0.25, -0.2) is 0 Å². The van der Waals surface area contributed by atoms with Crippen LogP contribution in [0.25, 0.3) is 0 Å². The van der Waals surface area contributed by atoms with Gasteiger partial charge in [-0.15, -0.1) is 0 Å². The third-order valence-corrected chi connectivity index (χ3v) is 3.02. The summed E-state index contributed by atoms with van der Waals surface area (Å²) in [6.45, 7) is 2.47. The zero-order chi connectivity index (χ0) is 14.3. The van der Waals surface area contributed by atoms with Crippen molar-refractivity contribution in [2.75, 3.05) is 27.4 Å². The van der Waals surface area contributed by atoms with E-state index in [0.717, 1.165) is 5.56 Å². The van der Waals surface area contributed by atoms with Gasteiger partial charge in [-0.1, -0.05) is 30.3 Å². The molecule has 0 saturated carbocycles. The van der Waals surface area contributed by atoms with Crippen LogP contribution in [-0.4, -0.2) is 39.4 Å². The number of carbonyl (C=O) groups is 1. The van der Waals surface area contributed by atoms with Gasteiger partial charge in [-0.2, -0.15) is 0 Å². The topological polar surface area (TPSA) is 73.6 Å². The monoisotopic (exact) mass is 266 g/mol. The summed E-state index contributed by atoms with van der Waals surface area (Å²) >= 11 is 0. The lowest BCUT2D eigenvalue weighted by molar-refractivity contribution is -0.126. The molecule has 1 rings (SSSR count). The molecule has 3 N–H and O–H groups in total. The maximum Gasteiger partial charge on any atom is 0.244 e. The van der Waals surface area contributed by atoms with Gasteiger partial charge in [0.05, 0.1) is 12.7 Å². The van der Waals surface area contributed by atoms with E-state index in [9.17, 15) is 4.79 Å². The van der Waals surface area contributed by atoms with Crippen LogP contribution in [-0.2, 0) is 19.8 Å². The van der Waals surface area contributed by atoms with Gasteiger partial charge >= 0.3 is 0 Å². The van der Waals surface area contributed by atoms with E-state index in [1.165, 1.54) is 0 Å².